The van der Waals surface area contributed by atoms with Crippen molar-refractivity contribution in [3.63, 3.8) is 0 Å². The minimum atomic E-state index is -0.517. The molecule has 0 bridgehead atoms. The fourth-order valence-corrected chi connectivity index (χ4v) is 2.14. The van der Waals surface area contributed by atoms with Gasteiger partial charge in [0.1, 0.15) is 12.4 Å². The van der Waals surface area contributed by atoms with E-state index in [1.807, 2.05) is 62.4 Å². The Morgan fingerprint density at radius 3 is 2.50 bits per heavy atom. The molecule has 0 spiro atoms. The molecular weight excluding hydrogens is 298 g/mol. The van der Waals surface area contributed by atoms with E-state index in [2.05, 4.69) is 10.0 Å². The number of hydrogen-bond donors (Lipinski definition) is 0. The molecule has 22 heavy (non-hydrogen) atoms. The molecule has 0 aliphatic carbocycles. The number of hydrogen-bond acceptors (Lipinski definition) is 2. The van der Waals surface area contributed by atoms with Crippen LogP contribution in [0.3, 0.4) is 0 Å². The van der Waals surface area contributed by atoms with Crippen LogP contribution in [-0.2, 0) is 18.0 Å². The van der Waals surface area contributed by atoms with Crippen molar-refractivity contribution >= 4 is 11.6 Å². The maximum absolute atomic E-state index is 8.48. The molecule has 0 unspecified atom stereocenters. The van der Waals surface area contributed by atoms with Gasteiger partial charge in [0.15, 0.2) is 0 Å². The maximum atomic E-state index is 8.48. The highest BCUT2D eigenvalue weighted by atomic mass is 35.5. The third-order valence-electron chi connectivity index (χ3n) is 3.22. The fourth-order valence-electron chi connectivity index (χ4n) is 2.03. The van der Waals surface area contributed by atoms with Crippen LogP contribution in [0, 0.1) is 0 Å². The first-order valence-corrected chi connectivity index (χ1v) is 7.38. The first-order valence-electron chi connectivity index (χ1n) is 7.00. The summed E-state index contributed by atoms with van der Waals surface area (Å²) in [5.41, 5.74) is 11.4. The highest BCUT2D eigenvalue weighted by Gasteiger charge is 2.18. The number of ether oxygens (including phenoxy) is 1. The van der Waals surface area contributed by atoms with Crippen LogP contribution < -0.4 is 4.74 Å². The lowest BCUT2D eigenvalue weighted by atomic mass is 9.99. The summed E-state index contributed by atoms with van der Waals surface area (Å²) in [5.74, 6) is 0.721. The third kappa shape index (κ3) is 4.69. The van der Waals surface area contributed by atoms with E-state index < -0.39 is 4.87 Å². The molecule has 5 heteroatoms. The number of benzene rings is 2. The monoisotopic (exact) mass is 315 g/mol. The van der Waals surface area contributed by atoms with Crippen LogP contribution in [0.5, 0.6) is 5.75 Å². The summed E-state index contributed by atoms with van der Waals surface area (Å²) in [7, 11) is 0. The van der Waals surface area contributed by atoms with Gasteiger partial charge in [0.2, 0.25) is 0 Å². The van der Waals surface area contributed by atoms with Gasteiger partial charge in [-0.25, -0.2) is 0 Å². The van der Waals surface area contributed by atoms with Crippen molar-refractivity contribution in [3.05, 3.63) is 75.7 Å². The molecular formula is C17H18ClN3O. The second-order valence-corrected chi connectivity index (χ2v) is 6.45. The van der Waals surface area contributed by atoms with E-state index >= 15 is 0 Å². The van der Waals surface area contributed by atoms with Gasteiger partial charge in [0, 0.05) is 4.91 Å². The first kappa shape index (κ1) is 16.2. The van der Waals surface area contributed by atoms with E-state index in [1.165, 1.54) is 0 Å². The van der Waals surface area contributed by atoms with Crippen LogP contribution in [0.4, 0.5) is 0 Å². The van der Waals surface area contributed by atoms with Crippen LogP contribution in [0.1, 0.15) is 30.5 Å². The lowest BCUT2D eigenvalue weighted by Gasteiger charge is -2.19. The smallest absolute Gasteiger partial charge is 0.120 e. The summed E-state index contributed by atoms with van der Waals surface area (Å²) in [4.78, 5) is 2.28. The van der Waals surface area contributed by atoms with Crippen molar-refractivity contribution in [2.24, 2.45) is 5.11 Å². The van der Waals surface area contributed by atoms with Gasteiger partial charge < -0.3 is 4.74 Å². The molecule has 0 saturated heterocycles. The van der Waals surface area contributed by atoms with Crippen LogP contribution in [0.15, 0.2) is 53.6 Å². The second kappa shape index (κ2) is 7.21. The van der Waals surface area contributed by atoms with Crippen molar-refractivity contribution < 1.29 is 4.74 Å². The topological polar surface area (TPSA) is 58.0 Å². The van der Waals surface area contributed by atoms with Crippen molar-refractivity contribution in [1.82, 2.24) is 0 Å². The Balaban J connectivity index is 2.23. The summed E-state index contributed by atoms with van der Waals surface area (Å²) in [6.07, 6.45) is 0. The summed E-state index contributed by atoms with van der Waals surface area (Å²) >= 11 is 6.39. The number of nitrogens with zero attached hydrogens (tertiary/aromatic N) is 3. The molecule has 0 N–H and O–H groups in total. The van der Waals surface area contributed by atoms with Gasteiger partial charge in [-0.1, -0.05) is 41.5 Å². The first-order chi connectivity index (χ1) is 10.5. The number of azide groups is 1. The van der Waals surface area contributed by atoms with E-state index in [1.54, 1.807) is 0 Å². The van der Waals surface area contributed by atoms with E-state index in [-0.39, 0.29) is 6.54 Å². The van der Waals surface area contributed by atoms with Gasteiger partial charge >= 0.3 is 0 Å². The fraction of sp³-hybridized carbons (Fsp3) is 0.294. The molecule has 0 saturated carbocycles. The zero-order valence-corrected chi connectivity index (χ0v) is 13.4. The van der Waals surface area contributed by atoms with Gasteiger partial charge in [-0.15, -0.1) is 11.6 Å². The van der Waals surface area contributed by atoms with Crippen LogP contribution in [0.25, 0.3) is 10.4 Å². The van der Waals surface area contributed by atoms with E-state index in [0.29, 0.717) is 6.61 Å². The lowest BCUT2D eigenvalue weighted by molar-refractivity contribution is 0.305. The van der Waals surface area contributed by atoms with E-state index in [4.69, 9.17) is 21.9 Å². The lowest BCUT2D eigenvalue weighted by Crippen LogP contribution is -2.08. The Bertz CT molecular complexity index is 674. The number of alkyl halides is 1. The van der Waals surface area contributed by atoms with E-state index in [0.717, 1.165) is 22.4 Å². The Labute approximate surface area is 135 Å². The van der Waals surface area contributed by atoms with Crippen LogP contribution >= 0.6 is 11.6 Å². The molecule has 0 atom stereocenters. The normalized spacial score (nSPS) is 10.9. The minimum absolute atomic E-state index is 0.277. The summed E-state index contributed by atoms with van der Waals surface area (Å²) in [6.45, 7) is 4.59. The molecule has 4 nitrogen and oxygen atoms in total. The van der Waals surface area contributed by atoms with Crippen LogP contribution in [0.2, 0.25) is 0 Å². The predicted molar refractivity (Wildman–Crippen MR) is 88.9 cm³/mol. The third-order valence-corrected chi connectivity index (χ3v) is 3.44. The van der Waals surface area contributed by atoms with E-state index in [9.17, 15) is 0 Å². The maximum Gasteiger partial charge on any atom is 0.120 e. The minimum Gasteiger partial charge on any atom is -0.489 e. The highest BCUT2D eigenvalue weighted by Crippen LogP contribution is 2.32. The molecule has 0 aromatic heterocycles. The number of halogens is 1. The van der Waals surface area contributed by atoms with Crippen molar-refractivity contribution in [2.45, 2.75) is 31.9 Å². The van der Waals surface area contributed by atoms with Gasteiger partial charge in [0.05, 0.1) is 11.4 Å². The van der Waals surface area contributed by atoms with Crippen molar-refractivity contribution in [3.8, 4) is 5.75 Å². The largest absolute Gasteiger partial charge is 0.489 e. The zero-order chi connectivity index (χ0) is 16.0. The molecule has 2 rings (SSSR count). The average Bonchev–Trinajstić information content (AvgIpc) is 2.51. The molecule has 2 aromatic rings. The Morgan fingerprint density at radius 2 is 1.86 bits per heavy atom. The Hall–Kier alpha value is -2.16. The Morgan fingerprint density at radius 1 is 1.14 bits per heavy atom. The molecule has 0 aliphatic rings. The van der Waals surface area contributed by atoms with Gasteiger partial charge in [-0.2, -0.15) is 0 Å². The predicted octanol–water partition coefficient (Wildman–Crippen LogP) is 5.55. The standard InChI is InChI=1S/C17H18ClN3O/c1-17(2,18)15-8-14(11-20-21-19)9-16(10-15)22-12-13-6-4-3-5-7-13/h3-10H,11-12H2,1-2H3. The SMILES string of the molecule is CC(C)(Cl)c1cc(CN=[N+]=[N-])cc(OCc2ccccc2)c1. The average molecular weight is 316 g/mol. The molecule has 0 aliphatic heterocycles. The van der Waals surface area contributed by atoms with Crippen molar-refractivity contribution in [2.75, 3.05) is 0 Å². The number of rotatable bonds is 6. The molecule has 0 fully saturated rings. The van der Waals surface area contributed by atoms with Gasteiger partial charge in [0.25, 0.3) is 0 Å². The van der Waals surface area contributed by atoms with Crippen molar-refractivity contribution in [1.29, 1.82) is 0 Å². The molecule has 0 amide bonds. The molecule has 0 radical (unpaired) electrons. The summed E-state index contributed by atoms with van der Waals surface area (Å²) in [5, 5.41) is 3.61. The Kier molecular flexibility index (Phi) is 5.31. The molecule has 2 aromatic carbocycles. The van der Waals surface area contributed by atoms with Gasteiger partial charge in [-0.05, 0) is 48.2 Å². The summed E-state index contributed by atoms with van der Waals surface area (Å²) < 4.78 is 5.86. The highest BCUT2D eigenvalue weighted by molar-refractivity contribution is 6.23. The van der Waals surface area contributed by atoms with Gasteiger partial charge in [-0.3, -0.25) is 0 Å². The quantitative estimate of drug-likeness (QED) is 0.298. The summed E-state index contributed by atoms with van der Waals surface area (Å²) in [6, 6.07) is 15.7. The molecule has 0 heterocycles. The second-order valence-electron chi connectivity index (χ2n) is 5.50. The molecule has 114 valence electrons. The van der Waals surface area contributed by atoms with Crippen LogP contribution in [-0.4, -0.2) is 0 Å². The zero-order valence-electron chi connectivity index (χ0n) is 12.7.